The minimum atomic E-state index is -3.57. The molecule has 1 aromatic heterocycles. The van der Waals surface area contributed by atoms with Crippen molar-refractivity contribution in [2.45, 2.75) is 38.5 Å². The van der Waals surface area contributed by atoms with Gasteiger partial charge in [0.15, 0.2) is 0 Å². The Morgan fingerprint density at radius 1 is 1.06 bits per heavy atom. The summed E-state index contributed by atoms with van der Waals surface area (Å²) in [6, 6.07) is 5.01. The number of aromatic amines is 1. The Morgan fingerprint density at radius 2 is 1.70 bits per heavy atom. The van der Waals surface area contributed by atoms with Gasteiger partial charge in [-0.15, -0.1) is 0 Å². The number of piperazine rings is 1. The van der Waals surface area contributed by atoms with Crippen LogP contribution in [0.4, 0.5) is 4.79 Å². The topological polar surface area (TPSA) is 103 Å². The van der Waals surface area contributed by atoms with Gasteiger partial charge in [0.1, 0.15) is 5.69 Å². The van der Waals surface area contributed by atoms with Gasteiger partial charge in [-0.3, -0.25) is 4.79 Å². The van der Waals surface area contributed by atoms with E-state index in [4.69, 9.17) is 4.74 Å². The zero-order chi connectivity index (χ0) is 23.8. The molecular weight excluding hydrogens is 444 g/mol. The first-order chi connectivity index (χ1) is 15.7. The molecule has 1 aromatic carbocycles. The molecule has 2 fully saturated rings. The monoisotopic (exact) mass is 476 g/mol. The molecule has 2 amide bonds. The zero-order valence-corrected chi connectivity index (χ0v) is 20.3. The van der Waals surface area contributed by atoms with E-state index in [0.29, 0.717) is 57.5 Å². The number of fused-ring (bicyclic) bond motifs is 1. The third-order valence-electron chi connectivity index (χ3n) is 6.72. The van der Waals surface area contributed by atoms with E-state index in [1.54, 1.807) is 39.2 Å². The van der Waals surface area contributed by atoms with Gasteiger partial charge in [-0.1, -0.05) is 6.92 Å². The number of nitrogens with zero attached hydrogens (tertiary/aromatic N) is 3. The second-order valence-corrected chi connectivity index (χ2v) is 10.8. The summed E-state index contributed by atoms with van der Waals surface area (Å²) >= 11 is 0. The lowest BCUT2D eigenvalue weighted by Crippen LogP contribution is -2.50. The number of hydrogen-bond acceptors (Lipinski definition) is 5. The van der Waals surface area contributed by atoms with E-state index in [1.807, 2.05) is 6.92 Å². The van der Waals surface area contributed by atoms with Crippen LogP contribution in [0.2, 0.25) is 0 Å². The van der Waals surface area contributed by atoms with Crippen molar-refractivity contribution < 1.29 is 22.7 Å². The Hall–Kier alpha value is -2.59. The number of aromatic nitrogens is 1. The highest BCUT2D eigenvalue weighted by molar-refractivity contribution is 7.89. The van der Waals surface area contributed by atoms with E-state index in [1.165, 1.54) is 0 Å². The molecule has 9 nitrogen and oxygen atoms in total. The van der Waals surface area contributed by atoms with Crippen LogP contribution in [-0.4, -0.2) is 85.4 Å². The second kappa shape index (κ2) is 9.34. The van der Waals surface area contributed by atoms with Gasteiger partial charge in [0.25, 0.3) is 5.91 Å². The van der Waals surface area contributed by atoms with Crippen LogP contribution >= 0.6 is 0 Å². The largest absolute Gasteiger partial charge is 0.450 e. The molecule has 0 atom stereocenters. The van der Waals surface area contributed by atoms with Crippen LogP contribution in [0.3, 0.4) is 0 Å². The summed E-state index contributed by atoms with van der Waals surface area (Å²) in [6.45, 7) is 8.81. The van der Waals surface area contributed by atoms with Crippen molar-refractivity contribution in [3.63, 3.8) is 0 Å². The number of benzene rings is 1. The predicted molar refractivity (Wildman–Crippen MR) is 125 cm³/mol. The highest BCUT2D eigenvalue weighted by Crippen LogP contribution is 2.29. The van der Waals surface area contributed by atoms with E-state index < -0.39 is 10.0 Å². The molecule has 10 heteroatoms. The fourth-order valence-corrected chi connectivity index (χ4v) is 6.02. The van der Waals surface area contributed by atoms with Gasteiger partial charge < -0.3 is 19.5 Å². The molecule has 0 saturated carbocycles. The van der Waals surface area contributed by atoms with Crippen molar-refractivity contribution in [2.75, 3.05) is 45.9 Å². The molecule has 0 unspecified atom stereocenters. The molecule has 3 heterocycles. The van der Waals surface area contributed by atoms with Crippen LogP contribution in [0.15, 0.2) is 23.1 Å². The molecule has 0 spiro atoms. The summed E-state index contributed by atoms with van der Waals surface area (Å²) in [5, 5.41) is 0.731. The number of ether oxygens (including phenoxy) is 1. The standard InChI is InChI=1S/C23H32N4O5S/c1-4-32-23(29)26-13-11-25(12-14-26)22(28)21-17(3)19-15-18(5-6-20(19)24-21)33(30,31)27-9-7-16(2)8-10-27/h5-6,15-16,24H,4,7-14H2,1-3H3. The SMILES string of the molecule is CCOC(=O)N1CCN(C(=O)c2[nH]c3ccc(S(=O)(=O)N4CCC(C)CC4)cc3c2C)CC1. The summed E-state index contributed by atoms with van der Waals surface area (Å²) in [6.07, 6.45) is 1.38. The summed E-state index contributed by atoms with van der Waals surface area (Å²) in [5.41, 5.74) is 1.91. The highest BCUT2D eigenvalue weighted by atomic mass is 32.2. The van der Waals surface area contributed by atoms with Crippen LogP contribution < -0.4 is 0 Å². The Balaban J connectivity index is 1.53. The minimum absolute atomic E-state index is 0.151. The lowest BCUT2D eigenvalue weighted by molar-refractivity contribution is 0.0566. The van der Waals surface area contributed by atoms with Crippen LogP contribution in [0.5, 0.6) is 0 Å². The Morgan fingerprint density at radius 3 is 2.33 bits per heavy atom. The molecule has 2 aliphatic heterocycles. The Labute approximate surface area is 194 Å². The van der Waals surface area contributed by atoms with Crippen LogP contribution in [0.1, 0.15) is 42.7 Å². The lowest BCUT2D eigenvalue weighted by atomic mass is 10.0. The Kier molecular flexibility index (Phi) is 6.67. The molecule has 0 aliphatic carbocycles. The number of carbonyl (C=O) groups is 2. The first-order valence-corrected chi connectivity index (χ1v) is 13.0. The molecule has 0 bridgehead atoms. The number of sulfonamides is 1. The average molecular weight is 477 g/mol. The van der Waals surface area contributed by atoms with E-state index in [9.17, 15) is 18.0 Å². The smallest absolute Gasteiger partial charge is 0.409 e. The van der Waals surface area contributed by atoms with Crippen LogP contribution in [0, 0.1) is 12.8 Å². The first kappa shape index (κ1) is 23.6. The summed E-state index contributed by atoms with van der Waals surface area (Å²) < 4.78 is 32.9. The summed E-state index contributed by atoms with van der Waals surface area (Å²) in [7, 11) is -3.57. The van der Waals surface area contributed by atoms with Crippen molar-refractivity contribution in [1.29, 1.82) is 0 Å². The van der Waals surface area contributed by atoms with E-state index in [2.05, 4.69) is 11.9 Å². The number of rotatable bonds is 4. The van der Waals surface area contributed by atoms with Crippen LogP contribution in [0.25, 0.3) is 10.9 Å². The van der Waals surface area contributed by atoms with Gasteiger partial charge in [0.05, 0.1) is 11.5 Å². The number of aryl methyl sites for hydroxylation is 1. The summed E-state index contributed by atoms with van der Waals surface area (Å²) in [4.78, 5) is 31.8. The van der Waals surface area contributed by atoms with E-state index in [0.717, 1.165) is 29.3 Å². The molecule has 180 valence electrons. The highest BCUT2D eigenvalue weighted by Gasteiger charge is 2.30. The fourth-order valence-electron chi connectivity index (χ4n) is 4.52. The van der Waals surface area contributed by atoms with Gasteiger partial charge >= 0.3 is 6.09 Å². The van der Waals surface area contributed by atoms with Gasteiger partial charge in [-0.25, -0.2) is 13.2 Å². The molecule has 0 radical (unpaired) electrons. The van der Waals surface area contributed by atoms with E-state index >= 15 is 0 Å². The Bertz CT molecular complexity index is 1140. The van der Waals surface area contributed by atoms with Gasteiger partial charge in [0.2, 0.25) is 10.0 Å². The van der Waals surface area contributed by atoms with Gasteiger partial charge in [0, 0.05) is 50.2 Å². The van der Waals surface area contributed by atoms with Crippen molar-refractivity contribution in [1.82, 2.24) is 19.1 Å². The molecular formula is C23H32N4O5S. The number of H-pyrrole nitrogens is 1. The molecule has 2 aliphatic rings. The number of hydrogen-bond donors (Lipinski definition) is 1. The first-order valence-electron chi connectivity index (χ1n) is 11.6. The minimum Gasteiger partial charge on any atom is -0.450 e. The van der Waals surface area contributed by atoms with Crippen LogP contribution in [-0.2, 0) is 14.8 Å². The second-order valence-electron chi connectivity index (χ2n) is 8.90. The number of carbonyl (C=O) groups excluding carboxylic acids is 2. The van der Waals surface area contributed by atoms with Crippen molar-refractivity contribution in [2.24, 2.45) is 5.92 Å². The molecule has 2 saturated heterocycles. The molecule has 1 N–H and O–H groups in total. The third-order valence-corrected chi connectivity index (χ3v) is 8.61. The van der Waals surface area contributed by atoms with E-state index in [-0.39, 0.29) is 16.9 Å². The number of nitrogens with one attached hydrogen (secondary N) is 1. The van der Waals surface area contributed by atoms with Crippen molar-refractivity contribution >= 4 is 32.9 Å². The fraction of sp³-hybridized carbons (Fsp3) is 0.565. The molecule has 33 heavy (non-hydrogen) atoms. The maximum absolute atomic E-state index is 13.2. The number of amides is 2. The summed E-state index contributed by atoms with van der Waals surface area (Å²) in [5.74, 6) is 0.389. The average Bonchev–Trinajstić information content (AvgIpc) is 3.15. The van der Waals surface area contributed by atoms with Crippen molar-refractivity contribution in [3.05, 3.63) is 29.5 Å². The van der Waals surface area contributed by atoms with Gasteiger partial charge in [-0.05, 0) is 56.4 Å². The molecule has 2 aromatic rings. The zero-order valence-electron chi connectivity index (χ0n) is 19.5. The predicted octanol–water partition coefficient (Wildman–Crippen LogP) is 2.81. The lowest BCUT2D eigenvalue weighted by Gasteiger charge is -2.33. The van der Waals surface area contributed by atoms with Gasteiger partial charge in [-0.2, -0.15) is 4.31 Å². The normalized spacial score (nSPS) is 18.6. The van der Waals surface area contributed by atoms with Crippen molar-refractivity contribution in [3.8, 4) is 0 Å². The molecule has 4 rings (SSSR count). The third kappa shape index (κ3) is 4.59. The quantitative estimate of drug-likeness (QED) is 0.731. The maximum atomic E-state index is 13.2. The maximum Gasteiger partial charge on any atom is 0.409 e. The number of piperidine rings is 1.